The van der Waals surface area contributed by atoms with Crippen LogP contribution < -0.4 is 10.5 Å². The van der Waals surface area contributed by atoms with E-state index in [1.54, 1.807) is 24.3 Å². The maximum atomic E-state index is 12.4. The highest BCUT2D eigenvalue weighted by molar-refractivity contribution is 6.32. The number of nitrogens with zero attached hydrogens (tertiary/aromatic N) is 2. The minimum Gasteiger partial charge on any atom is -0.478 e. The fourth-order valence-electron chi connectivity index (χ4n) is 3.54. The molecule has 1 aromatic heterocycles. The minimum absolute atomic E-state index is 0.161. The summed E-state index contributed by atoms with van der Waals surface area (Å²) >= 11 is 6.48. The summed E-state index contributed by atoms with van der Waals surface area (Å²) in [5.74, 6) is 1.80. The van der Waals surface area contributed by atoms with Gasteiger partial charge in [-0.25, -0.2) is 9.78 Å². The highest BCUT2D eigenvalue weighted by Crippen LogP contribution is 2.31. The van der Waals surface area contributed by atoms with E-state index in [0.29, 0.717) is 33.6 Å². The number of rotatable bonds is 6. The molecule has 32 heavy (non-hydrogen) atoms. The molecule has 0 aliphatic heterocycles. The van der Waals surface area contributed by atoms with Gasteiger partial charge in [0.25, 0.3) is 5.56 Å². The predicted molar refractivity (Wildman–Crippen MR) is 125 cm³/mol. The second kappa shape index (κ2) is 9.03. The summed E-state index contributed by atoms with van der Waals surface area (Å²) in [7, 11) is 0. The number of aromatic nitrogens is 2. The van der Waals surface area contributed by atoms with Crippen molar-refractivity contribution < 1.29 is 15.0 Å². The van der Waals surface area contributed by atoms with Gasteiger partial charge in [-0.15, -0.1) is 6.42 Å². The van der Waals surface area contributed by atoms with E-state index in [4.69, 9.17) is 18.0 Å². The summed E-state index contributed by atoms with van der Waals surface area (Å²) in [5, 5.41) is 19.6. The molecule has 0 radical (unpaired) electrons. The van der Waals surface area contributed by atoms with Crippen LogP contribution in [0.15, 0.2) is 35.1 Å². The summed E-state index contributed by atoms with van der Waals surface area (Å²) < 4.78 is 0. The Bertz CT molecular complexity index is 1290. The van der Waals surface area contributed by atoms with Crippen LogP contribution in [-0.4, -0.2) is 32.7 Å². The lowest BCUT2D eigenvalue weighted by Crippen LogP contribution is -2.25. The van der Waals surface area contributed by atoms with E-state index in [-0.39, 0.29) is 30.1 Å². The molecule has 0 unspecified atom stereocenters. The van der Waals surface area contributed by atoms with Crippen molar-refractivity contribution >= 4 is 34.2 Å². The number of aliphatic hydroxyl groups excluding tert-OH is 1. The Morgan fingerprint density at radius 3 is 2.59 bits per heavy atom. The van der Waals surface area contributed by atoms with Crippen molar-refractivity contribution in [2.45, 2.75) is 39.3 Å². The first-order valence-corrected chi connectivity index (χ1v) is 10.3. The van der Waals surface area contributed by atoms with Crippen LogP contribution in [0.25, 0.3) is 10.9 Å². The molecule has 3 aromatic rings. The van der Waals surface area contributed by atoms with Crippen LogP contribution in [0.3, 0.4) is 0 Å². The number of carbonyl (C=O) groups is 1. The number of terminal acetylenes is 1. The molecule has 0 saturated carbocycles. The molecule has 0 fully saturated rings. The molecule has 7 nitrogen and oxygen atoms in total. The Morgan fingerprint density at radius 1 is 1.28 bits per heavy atom. The van der Waals surface area contributed by atoms with Gasteiger partial charge >= 0.3 is 5.97 Å². The predicted octanol–water partition coefficient (Wildman–Crippen LogP) is 3.70. The number of fused-ring (bicyclic) bond motifs is 1. The molecule has 3 N–H and O–H groups in total. The molecule has 2 aromatic carbocycles. The van der Waals surface area contributed by atoms with Gasteiger partial charge in [-0.1, -0.05) is 38.3 Å². The molecular weight excluding hydrogens is 430 g/mol. The molecule has 3 rings (SSSR count). The number of aromatic carboxylic acids is 1. The Labute approximate surface area is 190 Å². The third-order valence-electron chi connectivity index (χ3n) is 5.12. The number of nitrogens with one attached hydrogen (secondary N) is 1. The van der Waals surface area contributed by atoms with Gasteiger partial charge in [0.1, 0.15) is 12.4 Å². The summed E-state index contributed by atoms with van der Waals surface area (Å²) in [6, 6.07) is 8.37. The Balaban J connectivity index is 2.08. The summed E-state index contributed by atoms with van der Waals surface area (Å²) in [6.07, 6.45) is 5.60. The number of H-pyrrole nitrogens is 1. The van der Waals surface area contributed by atoms with Crippen molar-refractivity contribution in [2.24, 2.45) is 0 Å². The van der Waals surface area contributed by atoms with E-state index in [2.05, 4.69) is 15.9 Å². The van der Waals surface area contributed by atoms with Gasteiger partial charge in [0.2, 0.25) is 0 Å². The SMILES string of the molecule is C#CCN(Cc1cc2c(=O)[nH]c(CO)nc2cc1Cl)c1ccc(C(=O)O)c(C(C)(C)C)c1. The van der Waals surface area contributed by atoms with Gasteiger partial charge < -0.3 is 20.1 Å². The molecule has 0 aliphatic rings. The first-order valence-electron chi connectivity index (χ1n) is 9.93. The largest absolute Gasteiger partial charge is 0.478 e. The van der Waals surface area contributed by atoms with Crippen LogP contribution in [0.1, 0.15) is 48.1 Å². The zero-order valence-corrected chi connectivity index (χ0v) is 18.8. The second-order valence-corrected chi connectivity index (χ2v) is 8.88. The fraction of sp³-hybridized carbons (Fsp3) is 0.292. The lowest BCUT2D eigenvalue weighted by molar-refractivity contribution is 0.0694. The van der Waals surface area contributed by atoms with E-state index in [1.807, 2.05) is 31.7 Å². The van der Waals surface area contributed by atoms with Crippen LogP contribution >= 0.6 is 11.6 Å². The normalized spacial score (nSPS) is 11.4. The molecule has 1 heterocycles. The third kappa shape index (κ3) is 4.77. The number of hydrogen-bond donors (Lipinski definition) is 3. The monoisotopic (exact) mass is 453 g/mol. The van der Waals surface area contributed by atoms with Crippen LogP contribution in [0, 0.1) is 12.3 Å². The standard InChI is InChI=1S/C24H24ClN3O4/c1-5-8-28(15-6-7-16(23(31)32)18(10-15)24(2,3)4)12-14-9-17-20(11-19(14)25)26-21(13-29)27-22(17)30/h1,6-7,9-11,29H,8,12-13H2,2-4H3,(H,31,32)(H,26,27,30). The fourth-order valence-corrected chi connectivity index (χ4v) is 3.76. The zero-order chi connectivity index (χ0) is 23.6. The maximum absolute atomic E-state index is 12.4. The van der Waals surface area contributed by atoms with Crippen LogP contribution in [0.4, 0.5) is 5.69 Å². The average molecular weight is 454 g/mol. The van der Waals surface area contributed by atoms with Crippen molar-refractivity contribution in [2.75, 3.05) is 11.4 Å². The summed E-state index contributed by atoms with van der Waals surface area (Å²) in [5.41, 5.74) is 1.96. The topological polar surface area (TPSA) is 107 Å². The number of aromatic amines is 1. The molecule has 0 saturated heterocycles. The van der Waals surface area contributed by atoms with Gasteiger partial charge in [0.05, 0.1) is 23.0 Å². The summed E-state index contributed by atoms with van der Waals surface area (Å²) in [6.45, 7) is 6.01. The van der Waals surface area contributed by atoms with E-state index in [9.17, 15) is 19.8 Å². The zero-order valence-electron chi connectivity index (χ0n) is 18.1. The molecule has 0 bridgehead atoms. The number of carboxylic acids is 1. The van der Waals surface area contributed by atoms with E-state index in [0.717, 1.165) is 5.69 Å². The number of anilines is 1. The van der Waals surface area contributed by atoms with Crippen molar-refractivity contribution in [3.05, 3.63) is 68.2 Å². The highest BCUT2D eigenvalue weighted by Gasteiger charge is 2.23. The van der Waals surface area contributed by atoms with Crippen LogP contribution in [-0.2, 0) is 18.6 Å². The quantitative estimate of drug-likeness (QED) is 0.491. The lowest BCUT2D eigenvalue weighted by atomic mass is 9.83. The first kappa shape index (κ1) is 23.3. The summed E-state index contributed by atoms with van der Waals surface area (Å²) in [4.78, 5) is 32.7. The molecule has 8 heteroatoms. The van der Waals surface area contributed by atoms with Crippen molar-refractivity contribution in [3.8, 4) is 12.3 Å². The highest BCUT2D eigenvalue weighted by atomic mass is 35.5. The number of aliphatic hydroxyl groups is 1. The van der Waals surface area contributed by atoms with Gasteiger partial charge in [0.15, 0.2) is 0 Å². The Morgan fingerprint density at radius 2 is 2.00 bits per heavy atom. The molecule has 0 aliphatic carbocycles. The van der Waals surface area contributed by atoms with Gasteiger partial charge in [-0.05, 0) is 46.9 Å². The average Bonchev–Trinajstić information content (AvgIpc) is 2.72. The van der Waals surface area contributed by atoms with E-state index < -0.39 is 11.4 Å². The molecule has 166 valence electrons. The number of halogens is 1. The van der Waals surface area contributed by atoms with Crippen LogP contribution in [0.5, 0.6) is 0 Å². The third-order valence-corrected chi connectivity index (χ3v) is 5.47. The molecule has 0 atom stereocenters. The Hall–Kier alpha value is -3.34. The van der Waals surface area contributed by atoms with Gasteiger partial charge in [-0.3, -0.25) is 4.79 Å². The van der Waals surface area contributed by atoms with Gasteiger partial charge in [-0.2, -0.15) is 0 Å². The second-order valence-electron chi connectivity index (χ2n) is 8.48. The number of benzene rings is 2. The molecular formula is C24H24ClN3O4. The van der Waals surface area contributed by atoms with Gasteiger partial charge in [0, 0.05) is 17.3 Å². The van der Waals surface area contributed by atoms with Crippen LogP contribution in [0.2, 0.25) is 5.02 Å². The number of carboxylic acid groups (broad SMARTS) is 1. The van der Waals surface area contributed by atoms with Crippen molar-refractivity contribution in [1.82, 2.24) is 9.97 Å². The first-order chi connectivity index (χ1) is 15.0. The lowest BCUT2D eigenvalue weighted by Gasteiger charge is -2.27. The van der Waals surface area contributed by atoms with E-state index >= 15 is 0 Å². The van der Waals surface area contributed by atoms with Crippen molar-refractivity contribution in [1.29, 1.82) is 0 Å². The Kier molecular flexibility index (Phi) is 6.58. The van der Waals surface area contributed by atoms with Crippen molar-refractivity contribution in [3.63, 3.8) is 0 Å². The smallest absolute Gasteiger partial charge is 0.335 e. The maximum Gasteiger partial charge on any atom is 0.335 e. The number of hydrogen-bond acceptors (Lipinski definition) is 5. The minimum atomic E-state index is -0.989. The molecule has 0 spiro atoms. The van der Waals surface area contributed by atoms with E-state index in [1.165, 1.54) is 0 Å². The molecule has 0 amide bonds.